The first-order valence-corrected chi connectivity index (χ1v) is 7.10. The summed E-state index contributed by atoms with van der Waals surface area (Å²) < 4.78 is 13.6. The molecule has 0 aliphatic rings. The molecule has 20 heavy (non-hydrogen) atoms. The van der Waals surface area contributed by atoms with Crippen LogP contribution in [-0.2, 0) is 6.42 Å². The summed E-state index contributed by atoms with van der Waals surface area (Å²) in [5, 5.41) is 1.04. The van der Waals surface area contributed by atoms with Gasteiger partial charge in [-0.2, -0.15) is 0 Å². The van der Waals surface area contributed by atoms with Gasteiger partial charge in [0.05, 0.1) is 10.0 Å². The molecular weight excluding hydrogens is 296 g/mol. The van der Waals surface area contributed by atoms with Crippen molar-refractivity contribution < 1.29 is 4.39 Å². The quantitative estimate of drug-likeness (QED) is 0.849. The van der Waals surface area contributed by atoms with Crippen LogP contribution in [-0.4, -0.2) is 0 Å². The van der Waals surface area contributed by atoms with Crippen LogP contribution in [0.15, 0.2) is 30.3 Å². The lowest BCUT2D eigenvalue weighted by atomic mass is 9.96. The second-order valence-corrected chi connectivity index (χ2v) is 5.84. The number of hydrogen-bond acceptors (Lipinski definition) is 1. The first kappa shape index (κ1) is 15.3. The fraction of sp³-hybridized carbons (Fsp3) is 0.250. The lowest BCUT2D eigenvalue weighted by Crippen LogP contribution is -2.14. The third-order valence-electron chi connectivity index (χ3n) is 3.33. The van der Waals surface area contributed by atoms with Crippen LogP contribution in [0.1, 0.15) is 28.3 Å². The number of hydrogen-bond donors (Lipinski definition) is 1. The van der Waals surface area contributed by atoms with Crippen LogP contribution in [0, 0.1) is 19.7 Å². The van der Waals surface area contributed by atoms with Gasteiger partial charge >= 0.3 is 0 Å². The molecule has 1 atom stereocenters. The summed E-state index contributed by atoms with van der Waals surface area (Å²) in [5.41, 5.74) is 9.36. The van der Waals surface area contributed by atoms with Crippen molar-refractivity contribution in [3.63, 3.8) is 0 Å². The molecule has 2 aromatic rings. The Bertz CT molecular complexity index is 617. The van der Waals surface area contributed by atoms with Gasteiger partial charge in [0.25, 0.3) is 0 Å². The van der Waals surface area contributed by atoms with Crippen LogP contribution in [0.3, 0.4) is 0 Å². The van der Waals surface area contributed by atoms with E-state index in [1.165, 1.54) is 0 Å². The number of halogens is 3. The number of benzene rings is 2. The molecule has 2 N–H and O–H groups in total. The van der Waals surface area contributed by atoms with E-state index in [-0.39, 0.29) is 11.9 Å². The molecule has 0 heterocycles. The maximum Gasteiger partial charge on any atom is 0.129 e. The maximum absolute atomic E-state index is 13.6. The highest BCUT2D eigenvalue weighted by Crippen LogP contribution is 2.26. The highest BCUT2D eigenvalue weighted by molar-refractivity contribution is 6.42. The van der Waals surface area contributed by atoms with E-state index in [0.717, 1.165) is 11.1 Å². The predicted molar refractivity (Wildman–Crippen MR) is 83.0 cm³/mol. The Kier molecular flexibility index (Phi) is 4.69. The SMILES string of the molecule is Cc1cc(C(N)Cc2ccc(Cl)c(Cl)c2)cc(C)c1F. The van der Waals surface area contributed by atoms with E-state index in [1.807, 2.05) is 12.1 Å². The smallest absolute Gasteiger partial charge is 0.129 e. The molecule has 0 aliphatic heterocycles. The van der Waals surface area contributed by atoms with Crippen LogP contribution in [0.5, 0.6) is 0 Å². The Morgan fingerprint density at radius 3 is 2.20 bits per heavy atom. The molecule has 0 bridgehead atoms. The lowest BCUT2D eigenvalue weighted by Gasteiger charge is -2.15. The normalized spacial score (nSPS) is 12.5. The summed E-state index contributed by atoms with van der Waals surface area (Å²) in [4.78, 5) is 0. The summed E-state index contributed by atoms with van der Waals surface area (Å²) in [6, 6.07) is 8.86. The standard InChI is InChI=1S/C16H16Cl2FN/c1-9-5-12(6-10(2)16(9)19)15(20)8-11-3-4-13(17)14(18)7-11/h3-7,15H,8,20H2,1-2H3. The van der Waals surface area contributed by atoms with Crippen molar-refractivity contribution in [3.8, 4) is 0 Å². The van der Waals surface area contributed by atoms with Crippen molar-refractivity contribution >= 4 is 23.2 Å². The third kappa shape index (κ3) is 3.32. The fourth-order valence-electron chi connectivity index (χ4n) is 2.23. The zero-order chi connectivity index (χ0) is 14.9. The van der Waals surface area contributed by atoms with Gasteiger partial charge in [0, 0.05) is 6.04 Å². The second-order valence-electron chi connectivity index (χ2n) is 5.03. The zero-order valence-corrected chi connectivity index (χ0v) is 12.9. The maximum atomic E-state index is 13.6. The van der Waals surface area contributed by atoms with Crippen LogP contribution >= 0.6 is 23.2 Å². The van der Waals surface area contributed by atoms with Crippen LogP contribution in [0.4, 0.5) is 4.39 Å². The predicted octanol–water partition coefficient (Wildman–Crippen LogP) is 4.99. The molecule has 0 fully saturated rings. The van der Waals surface area contributed by atoms with Crippen molar-refractivity contribution in [1.82, 2.24) is 0 Å². The molecular formula is C16H16Cl2FN. The Hall–Kier alpha value is -1.09. The first-order chi connectivity index (χ1) is 9.38. The van der Waals surface area contributed by atoms with Gasteiger partial charge in [0.1, 0.15) is 5.82 Å². The van der Waals surface area contributed by atoms with Gasteiger partial charge < -0.3 is 5.73 Å². The van der Waals surface area contributed by atoms with Crippen molar-refractivity contribution in [2.75, 3.05) is 0 Å². The van der Waals surface area contributed by atoms with Gasteiger partial charge in [0.15, 0.2) is 0 Å². The molecule has 0 saturated heterocycles. The van der Waals surface area contributed by atoms with Crippen molar-refractivity contribution in [1.29, 1.82) is 0 Å². The fourth-order valence-corrected chi connectivity index (χ4v) is 2.55. The van der Waals surface area contributed by atoms with E-state index in [9.17, 15) is 4.39 Å². The third-order valence-corrected chi connectivity index (χ3v) is 4.07. The van der Waals surface area contributed by atoms with Crippen molar-refractivity contribution in [2.24, 2.45) is 5.73 Å². The van der Waals surface area contributed by atoms with Crippen LogP contribution < -0.4 is 5.73 Å². The molecule has 2 rings (SSSR count). The average Bonchev–Trinajstić information content (AvgIpc) is 2.39. The number of rotatable bonds is 3. The highest BCUT2D eigenvalue weighted by Gasteiger charge is 2.12. The zero-order valence-electron chi connectivity index (χ0n) is 11.4. The molecule has 106 valence electrons. The molecule has 2 aromatic carbocycles. The molecule has 0 aromatic heterocycles. The second kappa shape index (κ2) is 6.13. The Labute approximate surface area is 128 Å². The van der Waals surface area contributed by atoms with E-state index in [1.54, 1.807) is 32.0 Å². The summed E-state index contributed by atoms with van der Waals surface area (Å²) in [6.45, 7) is 3.50. The van der Waals surface area contributed by atoms with Crippen molar-refractivity contribution in [2.45, 2.75) is 26.3 Å². The largest absolute Gasteiger partial charge is 0.324 e. The van der Waals surface area contributed by atoms with Gasteiger partial charge in [0.2, 0.25) is 0 Å². The molecule has 0 saturated carbocycles. The number of nitrogens with two attached hydrogens (primary N) is 1. The van der Waals surface area contributed by atoms with Crippen LogP contribution in [0.2, 0.25) is 10.0 Å². The minimum absolute atomic E-state index is 0.171. The first-order valence-electron chi connectivity index (χ1n) is 6.34. The minimum Gasteiger partial charge on any atom is -0.324 e. The molecule has 1 unspecified atom stereocenters. The van der Waals surface area contributed by atoms with E-state index in [0.29, 0.717) is 27.6 Å². The van der Waals surface area contributed by atoms with E-state index >= 15 is 0 Å². The Morgan fingerprint density at radius 1 is 1.05 bits per heavy atom. The van der Waals surface area contributed by atoms with E-state index in [4.69, 9.17) is 28.9 Å². The van der Waals surface area contributed by atoms with E-state index < -0.39 is 0 Å². The lowest BCUT2D eigenvalue weighted by molar-refractivity contribution is 0.605. The minimum atomic E-state index is -0.203. The summed E-state index contributed by atoms with van der Waals surface area (Å²) in [7, 11) is 0. The van der Waals surface area contributed by atoms with Gasteiger partial charge in [-0.25, -0.2) is 4.39 Å². The molecule has 4 heteroatoms. The summed E-state index contributed by atoms with van der Waals surface area (Å²) >= 11 is 11.9. The highest BCUT2D eigenvalue weighted by atomic mass is 35.5. The van der Waals surface area contributed by atoms with Crippen LogP contribution in [0.25, 0.3) is 0 Å². The molecule has 0 amide bonds. The molecule has 0 spiro atoms. The van der Waals surface area contributed by atoms with Gasteiger partial charge in [-0.1, -0.05) is 41.4 Å². The monoisotopic (exact) mass is 311 g/mol. The van der Waals surface area contributed by atoms with E-state index in [2.05, 4.69) is 0 Å². The summed E-state index contributed by atoms with van der Waals surface area (Å²) in [5.74, 6) is -0.171. The van der Waals surface area contributed by atoms with Gasteiger partial charge in [-0.15, -0.1) is 0 Å². The van der Waals surface area contributed by atoms with Gasteiger partial charge in [-0.05, 0) is 54.7 Å². The van der Waals surface area contributed by atoms with Gasteiger partial charge in [-0.3, -0.25) is 0 Å². The molecule has 1 nitrogen and oxygen atoms in total. The Morgan fingerprint density at radius 2 is 1.65 bits per heavy atom. The topological polar surface area (TPSA) is 26.0 Å². The summed E-state index contributed by atoms with van der Waals surface area (Å²) in [6.07, 6.45) is 0.626. The average molecular weight is 312 g/mol. The Balaban J connectivity index is 2.23. The molecule has 0 aliphatic carbocycles. The molecule has 0 radical (unpaired) electrons. The number of aryl methyl sites for hydroxylation is 2. The van der Waals surface area contributed by atoms with Crippen molar-refractivity contribution in [3.05, 3.63) is 68.4 Å².